The maximum Gasteiger partial charge on any atom is 0.229 e. The molecule has 6 heteroatoms. The van der Waals surface area contributed by atoms with E-state index >= 15 is 0 Å². The Morgan fingerprint density at radius 2 is 2.57 bits per heavy atom. The van der Waals surface area contributed by atoms with E-state index in [0.717, 1.165) is 5.69 Å². The first-order chi connectivity index (χ1) is 6.61. The van der Waals surface area contributed by atoms with E-state index in [1.807, 2.05) is 5.38 Å². The number of nitrogens with one attached hydrogen (secondary N) is 1. The molecule has 0 spiro atoms. The van der Waals surface area contributed by atoms with Gasteiger partial charge in [-0.05, 0) is 6.92 Å². The highest BCUT2D eigenvalue weighted by Gasteiger charge is 2.14. The summed E-state index contributed by atoms with van der Waals surface area (Å²) >= 11 is 6.21. The summed E-state index contributed by atoms with van der Waals surface area (Å²) in [5.41, 5.74) is 7.91. The van der Waals surface area contributed by atoms with Crippen molar-refractivity contribution in [2.75, 3.05) is 0 Å². The van der Waals surface area contributed by atoms with Crippen LogP contribution in [0.3, 0.4) is 0 Å². The molecular weight excluding hydrogens is 218 g/mol. The Bertz CT molecular complexity index is 323. The van der Waals surface area contributed by atoms with Crippen molar-refractivity contribution >= 4 is 34.5 Å². The molecule has 14 heavy (non-hydrogen) atoms. The average molecular weight is 229 g/mol. The van der Waals surface area contributed by atoms with Crippen molar-refractivity contribution in [2.24, 2.45) is 11.7 Å². The topological polar surface area (TPSA) is 68.0 Å². The zero-order valence-electron chi connectivity index (χ0n) is 7.69. The van der Waals surface area contributed by atoms with Gasteiger partial charge in [-0.3, -0.25) is 4.79 Å². The van der Waals surface area contributed by atoms with E-state index in [9.17, 15) is 4.79 Å². The molecule has 0 bridgehead atoms. The van der Waals surface area contributed by atoms with Crippen LogP contribution in [0, 0.1) is 5.92 Å². The first kappa shape index (κ1) is 11.1. The van der Waals surface area contributed by atoms with Crippen molar-refractivity contribution in [3.8, 4) is 0 Å². The van der Waals surface area contributed by atoms with Crippen molar-refractivity contribution in [3.63, 3.8) is 0 Å². The van der Waals surface area contributed by atoms with E-state index in [1.165, 1.54) is 11.3 Å². The van der Waals surface area contributed by atoms with Gasteiger partial charge in [0.15, 0.2) is 0 Å². The predicted octanol–water partition coefficient (Wildman–Crippen LogP) is 0.681. The molecule has 1 atom stereocenters. The standard InChI is InChI=1S/C8H11N3OS2/c1-5(7(9)13)8(12)10-2-6-3-14-4-11-6/h3-5H,2H2,1H3,(H2,9,13)(H,10,12). The van der Waals surface area contributed by atoms with E-state index in [0.29, 0.717) is 6.54 Å². The van der Waals surface area contributed by atoms with Crippen molar-refractivity contribution in [3.05, 3.63) is 16.6 Å². The number of thiocarbonyl (C=S) groups is 1. The minimum atomic E-state index is -0.427. The number of thiazole rings is 1. The number of carbonyl (C=O) groups excluding carboxylic acids is 1. The van der Waals surface area contributed by atoms with E-state index in [2.05, 4.69) is 10.3 Å². The number of nitrogens with two attached hydrogens (primary N) is 1. The van der Waals surface area contributed by atoms with E-state index < -0.39 is 5.92 Å². The van der Waals surface area contributed by atoms with Crippen LogP contribution in [0.15, 0.2) is 10.9 Å². The van der Waals surface area contributed by atoms with Crippen LogP contribution in [0.1, 0.15) is 12.6 Å². The maximum absolute atomic E-state index is 11.4. The van der Waals surface area contributed by atoms with Crippen molar-refractivity contribution < 1.29 is 4.79 Å². The minimum Gasteiger partial charge on any atom is -0.393 e. The van der Waals surface area contributed by atoms with Gasteiger partial charge in [-0.25, -0.2) is 4.98 Å². The Balaban J connectivity index is 2.39. The van der Waals surface area contributed by atoms with Crippen LogP contribution in [0.5, 0.6) is 0 Å². The summed E-state index contributed by atoms with van der Waals surface area (Å²) in [6, 6.07) is 0. The fourth-order valence-corrected chi connectivity index (χ4v) is 1.45. The Kier molecular flexibility index (Phi) is 3.97. The van der Waals surface area contributed by atoms with Gasteiger partial charge in [0.1, 0.15) is 0 Å². The summed E-state index contributed by atoms with van der Waals surface area (Å²) in [4.78, 5) is 15.6. The van der Waals surface area contributed by atoms with Crippen LogP contribution in [-0.4, -0.2) is 15.9 Å². The van der Waals surface area contributed by atoms with Gasteiger partial charge < -0.3 is 11.1 Å². The van der Waals surface area contributed by atoms with Gasteiger partial charge in [-0.1, -0.05) is 12.2 Å². The van der Waals surface area contributed by atoms with E-state index in [1.54, 1.807) is 12.4 Å². The van der Waals surface area contributed by atoms with Gasteiger partial charge in [0.2, 0.25) is 5.91 Å². The smallest absolute Gasteiger partial charge is 0.229 e. The van der Waals surface area contributed by atoms with Gasteiger partial charge in [0.05, 0.1) is 28.7 Å². The fraction of sp³-hybridized carbons (Fsp3) is 0.375. The van der Waals surface area contributed by atoms with Crippen LogP contribution >= 0.6 is 23.6 Å². The number of amides is 1. The van der Waals surface area contributed by atoms with Gasteiger partial charge in [-0.2, -0.15) is 0 Å². The molecule has 1 unspecified atom stereocenters. The normalized spacial score (nSPS) is 12.1. The van der Waals surface area contributed by atoms with E-state index in [4.69, 9.17) is 18.0 Å². The molecule has 1 heterocycles. The second-order valence-corrected chi connectivity index (χ2v) is 4.01. The first-order valence-corrected chi connectivity index (χ1v) is 5.40. The molecule has 76 valence electrons. The predicted molar refractivity (Wildman–Crippen MR) is 59.9 cm³/mol. The summed E-state index contributed by atoms with van der Waals surface area (Å²) < 4.78 is 0. The molecular formula is C8H11N3OS2. The zero-order chi connectivity index (χ0) is 10.6. The van der Waals surface area contributed by atoms with Crippen LogP contribution in [0.4, 0.5) is 0 Å². The Hall–Kier alpha value is -1.01. The molecule has 0 radical (unpaired) electrons. The summed E-state index contributed by atoms with van der Waals surface area (Å²) in [5.74, 6) is -0.589. The summed E-state index contributed by atoms with van der Waals surface area (Å²) in [5, 5.41) is 4.58. The second kappa shape index (κ2) is 5.02. The molecule has 1 rings (SSSR count). The third kappa shape index (κ3) is 3.04. The van der Waals surface area contributed by atoms with Crippen LogP contribution in [-0.2, 0) is 11.3 Å². The quantitative estimate of drug-likeness (QED) is 0.745. The van der Waals surface area contributed by atoms with Gasteiger partial charge >= 0.3 is 0 Å². The highest BCUT2D eigenvalue weighted by molar-refractivity contribution is 7.80. The lowest BCUT2D eigenvalue weighted by Gasteiger charge is -2.09. The average Bonchev–Trinajstić information content (AvgIpc) is 2.65. The number of carbonyl (C=O) groups is 1. The number of rotatable bonds is 4. The molecule has 0 saturated heterocycles. The van der Waals surface area contributed by atoms with Gasteiger partial charge in [-0.15, -0.1) is 11.3 Å². The third-order valence-electron chi connectivity index (χ3n) is 1.75. The van der Waals surface area contributed by atoms with Crippen molar-refractivity contribution in [2.45, 2.75) is 13.5 Å². The summed E-state index contributed by atoms with van der Waals surface area (Å²) in [6.07, 6.45) is 0. The molecule has 0 fully saturated rings. The monoisotopic (exact) mass is 229 g/mol. The lowest BCUT2D eigenvalue weighted by molar-refractivity contribution is -0.122. The maximum atomic E-state index is 11.4. The molecule has 0 aromatic carbocycles. The number of aromatic nitrogens is 1. The fourth-order valence-electron chi connectivity index (χ4n) is 0.785. The highest BCUT2D eigenvalue weighted by Crippen LogP contribution is 2.01. The third-order valence-corrected chi connectivity index (χ3v) is 2.74. The second-order valence-electron chi connectivity index (χ2n) is 2.82. The lowest BCUT2D eigenvalue weighted by Crippen LogP contribution is -2.35. The number of hydrogen-bond donors (Lipinski definition) is 2. The number of nitrogens with zero attached hydrogens (tertiary/aromatic N) is 1. The summed E-state index contributed by atoms with van der Waals surface area (Å²) in [6.45, 7) is 2.11. The highest BCUT2D eigenvalue weighted by atomic mass is 32.1. The lowest BCUT2D eigenvalue weighted by atomic mass is 10.1. The molecule has 1 aromatic heterocycles. The van der Waals surface area contributed by atoms with Crippen molar-refractivity contribution in [1.82, 2.24) is 10.3 Å². The first-order valence-electron chi connectivity index (χ1n) is 4.05. The molecule has 4 nitrogen and oxygen atoms in total. The molecule has 0 saturated carbocycles. The molecule has 0 aliphatic carbocycles. The van der Waals surface area contributed by atoms with Gasteiger partial charge in [0.25, 0.3) is 0 Å². The van der Waals surface area contributed by atoms with Gasteiger partial charge in [0, 0.05) is 5.38 Å². The Labute approximate surface area is 91.5 Å². The molecule has 0 aliphatic rings. The molecule has 1 aromatic rings. The number of hydrogen-bond acceptors (Lipinski definition) is 4. The summed E-state index contributed by atoms with van der Waals surface area (Å²) in [7, 11) is 0. The van der Waals surface area contributed by atoms with Crippen LogP contribution in [0.25, 0.3) is 0 Å². The van der Waals surface area contributed by atoms with Crippen molar-refractivity contribution in [1.29, 1.82) is 0 Å². The SMILES string of the molecule is CC(C(=O)NCc1cscn1)C(N)=S. The largest absolute Gasteiger partial charge is 0.393 e. The van der Waals surface area contributed by atoms with Crippen LogP contribution in [0.2, 0.25) is 0 Å². The minimum absolute atomic E-state index is 0.162. The van der Waals surface area contributed by atoms with Crippen LogP contribution < -0.4 is 11.1 Å². The molecule has 0 aliphatic heterocycles. The zero-order valence-corrected chi connectivity index (χ0v) is 9.32. The Morgan fingerprint density at radius 3 is 3.07 bits per heavy atom. The van der Waals surface area contributed by atoms with E-state index in [-0.39, 0.29) is 10.9 Å². The molecule has 1 amide bonds. The molecule has 3 N–H and O–H groups in total. The Morgan fingerprint density at radius 1 is 1.86 bits per heavy atom.